The molecule has 5 heteroatoms. The van der Waals surface area contributed by atoms with E-state index in [1.54, 1.807) is 29.8 Å². The van der Waals surface area contributed by atoms with Crippen LogP contribution < -0.4 is 10.9 Å². The van der Waals surface area contributed by atoms with E-state index in [9.17, 15) is 9.59 Å². The second kappa shape index (κ2) is 5.54. The number of fused-ring (bicyclic) bond motifs is 1. The van der Waals surface area contributed by atoms with E-state index in [-0.39, 0.29) is 11.1 Å². The molecule has 2 aromatic rings. The molecule has 108 valence electrons. The van der Waals surface area contributed by atoms with Crippen molar-refractivity contribution in [1.29, 1.82) is 0 Å². The molecule has 0 fully saturated rings. The van der Waals surface area contributed by atoms with Gasteiger partial charge in [-0.2, -0.15) is 0 Å². The van der Waals surface area contributed by atoms with E-state index >= 15 is 0 Å². The average molecular weight is 284 g/mol. The van der Waals surface area contributed by atoms with Gasteiger partial charge in [0.25, 0.3) is 11.5 Å². The molecule has 1 aromatic heterocycles. The van der Waals surface area contributed by atoms with Crippen LogP contribution in [0.25, 0.3) is 0 Å². The van der Waals surface area contributed by atoms with E-state index in [2.05, 4.69) is 5.32 Å². The van der Waals surface area contributed by atoms with Gasteiger partial charge in [-0.05, 0) is 23.8 Å². The number of amides is 1. The van der Waals surface area contributed by atoms with Gasteiger partial charge in [-0.3, -0.25) is 9.59 Å². The molecule has 0 spiro atoms. The summed E-state index contributed by atoms with van der Waals surface area (Å²) in [7, 11) is 1.70. The standard InChI is InChI=1S/C16H16N2O3/c1-18-14-7-8-21-10-11(14)9-13(16(18)20)15(19)17-12-5-3-2-4-6-12/h2-6,9H,7-8,10H2,1H3,(H,17,19). The first-order chi connectivity index (χ1) is 10.2. The van der Waals surface area contributed by atoms with Crippen LogP contribution in [0.2, 0.25) is 0 Å². The summed E-state index contributed by atoms with van der Waals surface area (Å²) in [5.74, 6) is -0.393. The van der Waals surface area contributed by atoms with Crippen LogP contribution in [0.1, 0.15) is 21.6 Å². The number of pyridine rings is 1. The van der Waals surface area contributed by atoms with E-state index in [1.165, 1.54) is 0 Å². The molecule has 1 amide bonds. The van der Waals surface area contributed by atoms with Crippen molar-refractivity contribution in [3.8, 4) is 0 Å². The van der Waals surface area contributed by atoms with Gasteiger partial charge in [0.15, 0.2) is 0 Å². The van der Waals surface area contributed by atoms with Gasteiger partial charge in [0.2, 0.25) is 0 Å². The van der Waals surface area contributed by atoms with Crippen molar-refractivity contribution in [1.82, 2.24) is 4.57 Å². The van der Waals surface area contributed by atoms with Crippen LogP contribution in [0.5, 0.6) is 0 Å². The lowest BCUT2D eigenvalue weighted by Gasteiger charge is -2.20. The predicted molar refractivity (Wildman–Crippen MR) is 79.4 cm³/mol. The number of nitrogens with one attached hydrogen (secondary N) is 1. The van der Waals surface area contributed by atoms with Crippen molar-refractivity contribution >= 4 is 11.6 Å². The van der Waals surface area contributed by atoms with E-state index in [4.69, 9.17) is 4.74 Å². The minimum atomic E-state index is -0.393. The monoisotopic (exact) mass is 284 g/mol. The third kappa shape index (κ3) is 2.60. The van der Waals surface area contributed by atoms with Crippen LogP contribution >= 0.6 is 0 Å². The third-order valence-electron chi connectivity index (χ3n) is 3.65. The number of aromatic nitrogens is 1. The Morgan fingerprint density at radius 3 is 2.81 bits per heavy atom. The average Bonchev–Trinajstić information content (AvgIpc) is 2.52. The zero-order valence-corrected chi connectivity index (χ0v) is 11.8. The molecule has 0 bridgehead atoms. The molecule has 0 radical (unpaired) electrons. The molecule has 5 nitrogen and oxygen atoms in total. The minimum absolute atomic E-state index is 0.144. The number of carbonyl (C=O) groups excluding carboxylic acids is 1. The van der Waals surface area contributed by atoms with E-state index in [1.807, 2.05) is 18.2 Å². The van der Waals surface area contributed by atoms with Gasteiger partial charge >= 0.3 is 0 Å². The molecule has 1 N–H and O–H groups in total. The lowest BCUT2D eigenvalue weighted by atomic mass is 10.1. The maximum Gasteiger partial charge on any atom is 0.263 e. The van der Waals surface area contributed by atoms with Gasteiger partial charge in [0.1, 0.15) is 5.56 Å². The van der Waals surface area contributed by atoms with Crippen molar-refractivity contribution < 1.29 is 9.53 Å². The molecule has 1 aliphatic rings. The number of nitrogens with zero attached hydrogens (tertiary/aromatic N) is 1. The number of rotatable bonds is 2. The normalized spacial score (nSPS) is 13.6. The Hall–Kier alpha value is -2.40. The van der Waals surface area contributed by atoms with Crippen molar-refractivity contribution in [2.24, 2.45) is 7.05 Å². The topological polar surface area (TPSA) is 60.3 Å². The smallest absolute Gasteiger partial charge is 0.263 e. The summed E-state index contributed by atoms with van der Waals surface area (Å²) in [4.78, 5) is 24.6. The molecule has 1 aliphatic heterocycles. The maximum absolute atomic E-state index is 12.3. The Balaban J connectivity index is 1.97. The van der Waals surface area contributed by atoms with E-state index < -0.39 is 5.91 Å². The minimum Gasteiger partial charge on any atom is -0.376 e. The predicted octanol–water partition coefficient (Wildman–Crippen LogP) is 1.71. The highest BCUT2D eigenvalue weighted by Crippen LogP contribution is 2.16. The van der Waals surface area contributed by atoms with E-state index in [0.717, 1.165) is 11.3 Å². The molecule has 0 saturated carbocycles. The number of ether oxygens (including phenoxy) is 1. The second-order valence-electron chi connectivity index (χ2n) is 5.02. The largest absolute Gasteiger partial charge is 0.376 e. The number of benzene rings is 1. The third-order valence-corrected chi connectivity index (χ3v) is 3.65. The van der Waals surface area contributed by atoms with Gasteiger partial charge in [0.05, 0.1) is 13.2 Å². The molecule has 0 aliphatic carbocycles. The first-order valence-corrected chi connectivity index (χ1v) is 6.83. The zero-order chi connectivity index (χ0) is 14.8. The number of para-hydroxylation sites is 1. The fourth-order valence-electron chi connectivity index (χ4n) is 2.52. The molecule has 0 atom stereocenters. The van der Waals surface area contributed by atoms with Gasteiger partial charge < -0.3 is 14.6 Å². The maximum atomic E-state index is 12.3. The van der Waals surface area contributed by atoms with Gasteiger partial charge in [-0.25, -0.2) is 0 Å². The Labute approximate surface area is 122 Å². The number of hydrogen-bond acceptors (Lipinski definition) is 3. The first kappa shape index (κ1) is 13.6. The molecule has 21 heavy (non-hydrogen) atoms. The van der Waals surface area contributed by atoms with Crippen LogP contribution in [0.15, 0.2) is 41.2 Å². The lowest BCUT2D eigenvalue weighted by Crippen LogP contribution is -2.32. The molecule has 0 unspecified atom stereocenters. The highest BCUT2D eigenvalue weighted by molar-refractivity contribution is 6.04. The molecule has 2 heterocycles. The molecule has 0 saturated heterocycles. The molecular weight excluding hydrogens is 268 g/mol. The SMILES string of the molecule is Cn1c2c(cc(C(=O)Nc3ccccc3)c1=O)COCC2. The highest BCUT2D eigenvalue weighted by Gasteiger charge is 2.19. The Kier molecular flexibility index (Phi) is 3.58. The van der Waals surface area contributed by atoms with Crippen LogP contribution in [-0.2, 0) is 24.8 Å². The summed E-state index contributed by atoms with van der Waals surface area (Å²) in [5, 5.41) is 2.74. The fourth-order valence-corrected chi connectivity index (χ4v) is 2.52. The summed E-state index contributed by atoms with van der Waals surface area (Å²) in [6, 6.07) is 10.7. The van der Waals surface area contributed by atoms with E-state index in [0.29, 0.717) is 25.3 Å². The Morgan fingerprint density at radius 2 is 2.05 bits per heavy atom. The molecular formula is C16H16N2O3. The van der Waals surface area contributed by atoms with Crippen molar-refractivity contribution in [3.05, 3.63) is 63.6 Å². The number of anilines is 1. The summed E-state index contributed by atoms with van der Waals surface area (Å²) < 4.78 is 6.95. The summed E-state index contributed by atoms with van der Waals surface area (Å²) >= 11 is 0. The zero-order valence-electron chi connectivity index (χ0n) is 11.8. The molecule has 3 rings (SSSR count). The summed E-state index contributed by atoms with van der Waals surface area (Å²) in [6.45, 7) is 1.05. The quantitative estimate of drug-likeness (QED) is 0.913. The summed E-state index contributed by atoms with van der Waals surface area (Å²) in [5.41, 5.74) is 2.39. The van der Waals surface area contributed by atoms with Gasteiger partial charge in [-0.15, -0.1) is 0 Å². The first-order valence-electron chi connectivity index (χ1n) is 6.83. The van der Waals surface area contributed by atoms with Crippen LogP contribution in [0.4, 0.5) is 5.69 Å². The van der Waals surface area contributed by atoms with Crippen molar-refractivity contribution in [3.63, 3.8) is 0 Å². The van der Waals surface area contributed by atoms with Gasteiger partial charge in [-0.1, -0.05) is 18.2 Å². The van der Waals surface area contributed by atoms with Crippen LogP contribution in [-0.4, -0.2) is 17.1 Å². The van der Waals surface area contributed by atoms with Crippen molar-refractivity contribution in [2.45, 2.75) is 13.0 Å². The van der Waals surface area contributed by atoms with Gasteiger partial charge in [0, 0.05) is 24.8 Å². The highest BCUT2D eigenvalue weighted by atomic mass is 16.5. The van der Waals surface area contributed by atoms with Crippen LogP contribution in [0.3, 0.4) is 0 Å². The number of hydrogen-bond donors (Lipinski definition) is 1. The number of carbonyl (C=O) groups is 1. The second-order valence-corrected chi connectivity index (χ2v) is 5.02. The Morgan fingerprint density at radius 1 is 1.29 bits per heavy atom. The van der Waals surface area contributed by atoms with Crippen molar-refractivity contribution in [2.75, 3.05) is 11.9 Å². The summed E-state index contributed by atoms with van der Waals surface area (Å²) in [6.07, 6.45) is 0.696. The molecule has 1 aromatic carbocycles. The fraction of sp³-hybridized carbons (Fsp3) is 0.250. The lowest BCUT2D eigenvalue weighted by molar-refractivity contribution is 0.101. The Bertz CT molecular complexity index is 735. The van der Waals surface area contributed by atoms with Crippen LogP contribution in [0, 0.1) is 0 Å².